The largest absolute Gasteiger partial charge is 0.461 e. The molecule has 0 aliphatic rings. The average molecular weight is 292 g/mol. The van der Waals surface area contributed by atoms with Crippen LogP contribution in [0.15, 0.2) is 18.2 Å². The third-order valence-electron chi connectivity index (χ3n) is 2.64. The van der Waals surface area contributed by atoms with Gasteiger partial charge in [-0.15, -0.1) is 0 Å². The SMILES string of the molecule is CCOC(=O)c1nn(-c2cc(F)ccc2F)c(N)c1C#N. The van der Waals surface area contributed by atoms with Gasteiger partial charge in [-0.1, -0.05) is 0 Å². The minimum Gasteiger partial charge on any atom is -0.461 e. The molecule has 0 fully saturated rings. The highest BCUT2D eigenvalue weighted by Gasteiger charge is 2.24. The van der Waals surface area contributed by atoms with Gasteiger partial charge in [-0.2, -0.15) is 10.4 Å². The van der Waals surface area contributed by atoms with Crippen LogP contribution in [0.3, 0.4) is 0 Å². The first-order valence-electron chi connectivity index (χ1n) is 5.90. The molecule has 0 radical (unpaired) electrons. The van der Waals surface area contributed by atoms with Gasteiger partial charge in [0.2, 0.25) is 0 Å². The van der Waals surface area contributed by atoms with Crippen LogP contribution in [-0.2, 0) is 4.74 Å². The highest BCUT2D eigenvalue weighted by molar-refractivity contribution is 5.92. The molecule has 21 heavy (non-hydrogen) atoms. The molecule has 0 amide bonds. The van der Waals surface area contributed by atoms with Crippen molar-refractivity contribution >= 4 is 11.8 Å². The zero-order chi connectivity index (χ0) is 15.6. The van der Waals surface area contributed by atoms with Crippen molar-refractivity contribution in [3.8, 4) is 11.8 Å². The molecule has 8 heteroatoms. The van der Waals surface area contributed by atoms with Crippen LogP contribution in [0, 0.1) is 23.0 Å². The number of hydrogen-bond donors (Lipinski definition) is 1. The molecule has 0 unspecified atom stereocenters. The second-order valence-corrected chi connectivity index (χ2v) is 3.95. The summed E-state index contributed by atoms with van der Waals surface area (Å²) in [4.78, 5) is 11.7. The molecule has 108 valence electrons. The van der Waals surface area contributed by atoms with Crippen molar-refractivity contribution in [3.63, 3.8) is 0 Å². The van der Waals surface area contributed by atoms with Gasteiger partial charge >= 0.3 is 5.97 Å². The lowest BCUT2D eigenvalue weighted by atomic mass is 10.2. The zero-order valence-electron chi connectivity index (χ0n) is 10.9. The molecule has 0 aliphatic heterocycles. The topological polar surface area (TPSA) is 93.9 Å². The lowest BCUT2D eigenvalue weighted by Crippen LogP contribution is -2.08. The molecule has 1 heterocycles. The van der Waals surface area contributed by atoms with Gasteiger partial charge < -0.3 is 10.5 Å². The standard InChI is InChI=1S/C13H10F2N4O2/c1-2-21-13(20)11-8(6-16)12(17)19(18-11)10-5-7(14)3-4-9(10)15/h3-5H,2,17H2,1H3. The first-order chi connectivity index (χ1) is 9.99. The van der Waals surface area contributed by atoms with E-state index in [0.717, 1.165) is 22.9 Å². The number of nitrogens with zero attached hydrogens (tertiary/aromatic N) is 3. The smallest absolute Gasteiger partial charge is 0.360 e. The minimum absolute atomic E-state index is 0.0742. The van der Waals surface area contributed by atoms with Crippen LogP contribution >= 0.6 is 0 Å². The Morgan fingerprint density at radius 1 is 1.52 bits per heavy atom. The Hall–Kier alpha value is -2.95. The number of halogens is 2. The molecule has 0 spiro atoms. The molecule has 6 nitrogen and oxygen atoms in total. The van der Waals surface area contributed by atoms with Gasteiger partial charge in [0.25, 0.3) is 0 Å². The van der Waals surface area contributed by atoms with E-state index < -0.39 is 17.6 Å². The lowest BCUT2D eigenvalue weighted by molar-refractivity contribution is 0.0518. The Labute approximate surface area is 118 Å². The summed E-state index contributed by atoms with van der Waals surface area (Å²) in [5.41, 5.74) is 4.78. The molecule has 2 N–H and O–H groups in total. The van der Waals surface area contributed by atoms with E-state index in [1.54, 1.807) is 13.0 Å². The molecule has 0 atom stereocenters. The second kappa shape index (κ2) is 5.58. The van der Waals surface area contributed by atoms with Crippen LogP contribution in [-0.4, -0.2) is 22.4 Å². The number of carbonyl (C=O) groups is 1. The highest BCUT2D eigenvalue weighted by Crippen LogP contribution is 2.23. The first-order valence-corrected chi connectivity index (χ1v) is 5.90. The number of aromatic nitrogens is 2. The van der Waals surface area contributed by atoms with Crippen molar-refractivity contribution in [3.05, 3.63) is 41.1 Å². The maximum Gasteiger partial charge on any atom is 0.360 e. The molecule has 2 rings (SSSR count). The highest BCUT2D eigenvalue weighted by atomic mass is 19.1. The van der Waals surface area contributed by atoms with Crippen LogP contribution in [0.2, 0.25) is 0 Å². The van der Waals surface area contributed by atoms with E-state index in [0.29, 0.717) is 0 Å². The van der Waals surface area contributed by atoms with Crippen molar-refractivity contribution in [2.45, 2.75) is 6.92 Å². The summed E-state index contributed by atoms with van der Waals surface area (Å²) in [6.45, 7) is 1.65. The van der Waals surface area contributed by atoms with E-state index in [4.69, 9.17) is 15.7 Å². The van der Waals surface area contributed by atoms with Crippen molar-refractivity contribution in [2.24, 2.45) is 0 Å². The number of ether oxygens (including phenoxy) is 1. The van der Waals surface area contributed by atoms with E-state index >= 15 is 0 Å². The molecule has 0 bridgehead atoms. The number of esters is 1. The van der Waals surface area contributed by atoms with Crippen molar-refractivity contribution in [2.75, 3.05) is 12.3 Å². The molecular weight excluding hydrogens is 282 g/mol. The number of nitrogens with two attached hydrogens (primary N) is 1. The van der Waals surface area contributed by atoms with Crippen LogP contribution in [0.5, 0.6) is 0 Å². The van der Waals surface area contributed by atoms with Crippen LogP contribution in [0.1, 0.15) is 23.0 Å². The maximum atomic E-state index is 13.7. The number of hydrogen-bond acceptors (Lipinski definition) is 5. The summed E-state index contributed by atoms with van der Waals surface area (Å²) in [5, 5.41) is 12.8. The number of anilines is 1. The van der Waals surface area contributed by atoms with Crippen molar-refractivity contribution in [1.29, 1.82) is 5.26 Å². The number of rotatable bonds is 3. The molecule has 0 saturated carbocycles. The van der Waals surface area contributed by atoms with Gasteiger partial charge in [0.1, 0.15) is 34.8 Å². The van der Waals surface area contributed by atoms with E-state index in [-0.39, 0.29) is 29.4 Å². The number of nitriles is 1. The predicted molar refractivity (Wildman–Crippen MR) is 68.6 cm³/mol. The van der Waals surface area contributed by atoms with E-state index in [9.17, 15) is 13.6 Å². The van der Waals surface area contributed by atoms with Crippen molar-refractivity contribution in [1.82, 2.24) is 9.78 Å². The summed E-state index contributed by atoms with van der Waals surface area (Å²) in [6.07, 6.45) is 0. The van der Waals surface area contributed by atoms with E-state index in [1.807, 2.05) is 0 Å². The lowest BCUT2D eigenvalue weighted by Gasteiger charge is -2.05. The van der Waals surface area contributed by atoms with Gasteiger partial charge in [-0.05, 0) is 19.1 Å². The van der Waals surface area contributed by atoms with Gasteiger partial charge in [-0.25, -0.2) is 18.3 Å². The summed E-state index contributed by atoms with van der Waals surface area (Å²) >= 11 is 0. The van der Waals surface area contributed by atoms with Crippen molar-refractivity contribution < 1.29 is 18.3 Å². The molecule has 1 aromatic carbocycles. The molecule has 0 saturated heterocycles. The number of nitrogen functional groups attached to an aromatic ring is 1. The Kier molecular flexibility index (Phi) is 3.84. The van der Waals surface area contributed by atoms with E-state index in [2.05, 4.69) is 5.10 Å². The third kappa shape index (κ3) is 2.53. The summed E-state index contributed by atoms with van der Waals surface area (Å²) in [6, 6.07) is 4.38. The van der Waals surface area contributed by atoms with Gasteiger partial charge in [0.15, 0.2) is 5.69 Å². The normalized spacial score (nSPS) is 10.2. The Balaban J connectivity index is 2.64. The molecule has 0 aliphatic carbocycles. The predicted octanol–water partition coefficient (Wildman–Crippen LogP) is 1.78. The van der Waals surface area contributed by atoms with Crippen LogP contribution < -0.4 is 5.73 Å². The van der Waals surface area contributed by atoms with Crippen LogP contribution in [0.4, 0.5) is 14.6 Å². The summed E-state index contributed by atoms with van der Waals surface area (Å²) in [5.74, 6) is -2.65. The fourth-order valence-corrected chi connectivity index (χ4v) is 1.72. The van der Waals surface area contributed by atoms with Crippen LogP contribution in [0.25, 0.3) is 5.69 Å². The Morgan fingerprint density at radius 2 is 2.24 bits per heavy atom. The van der Waals surface area contributed by atoms with Gasteiger partial charge in [-0.3, -0.25) is 0 Å². The first kappa shape index (κ1) is 14.5. The molecule has 1 aromatic heterocycles. The van der Waals surface area contributed by atoms with Gasteiger partial charge in [0.05, 0.1) is 6.61 Å². The summed E-state index contributed by atoms with van der Waals surface area (Å²) in [7, 11) is 0. The molecule has 2 aromatic rings. The monoisotopic (exact) mass is 292 g/mol. The maximum absolute atomic E-state index is 13.7. The Morgan fingerprint density at radius 3 is 2.86 bits per heavy atom. The number of carbonyl (C=O) groups excluding carboxylic acids is 1. The Bertz CT molecular complexity index is 749. The second-order valence-electron chi connectivity index (χ2n) is 3.95. The number of benzene rings is 1. The minimum atomic E-state index is -0.865. The van der Waals surface area contributed by atoms with Gasteiger partial charge in [0, 0.05) is 6.07 Å². The zero-order valence-corrected chi connectivity index (χ0v) is 10.9. The quantitative estimate of drug-likeness (QED) is 0.870. The average Bonchev–Trinajstić information content (AvgIpc) is 2.78. The third-order valence-corrected chi connectivity index (χ3v) is 2.64. The fourth-order valence-electron chi connectivity index (χ4n) is 1.72. The fraction of sp³-hybridized carbons (Fsp3) is 0.154. The molecular formula is C13H10F2N4O2. The van der Waals surface area contributed by atoms with E-state index in [1.165, 1.54) is 0 Å². The summed E-state index contributed by atoms with van der Waals surface area (Å²) < 4.78 is 32.5.